The van der Waals surface area contributed by atoms with Crippen molar-refractivity contribution in [2.45, 2.75) is 32.9 Å². The van der Waals surface area contributed by atoms with E-state index in [0.717, 1.165) is 27.2 Å². The highest BCUT2D eigenvalue weighted by atomic mass is 32.1. The molecule has 0 aliphatic rings. The first-order valence-electron chi connectivity index (χ1n) is 8.09. The second-order valence-corrected chi connectivity index (χ2v) is 7.11. The highest BCUT2D eigenvalue weighted by Crippen LogP contribution is 2.28. The quantitative estimate of drug-likeness (QED) is 0.723. The molecule has 3 aromatic rings. The Morgan fingerprint density at radius 2 is 2.12 bits per heavy atom. The van der Waals surface area contributed by atoms with E-state index in [1.165, 1.54) is 16.9 Å². The van der Waals surface area contributed by atoms with Crippen LogP contribution in [0.25, 0.3) is 10.2 Å². The van der Waals surface area contributed by atoms with Crippen molar-refractivity contribution in [2.24, 2.45) is 5.73 Å². The fraction of sp³-hybridized carbons (Fsp3) is 0.333. The Kier molecular flexibility index (Phi) is 4.97. The molecular formula is C18H22N4OS. The van der Waals surface area contributed by atoms with Gasteiger partial charge in [-0.1, -0.05) is 30.3 Å². The lowest BCUT2D eigenvalue weighted by Crippen LogP contribution is -2.28. The summed E-state index contributed by atoms with van der Waals surface area (Å²) < 4.78 is 1.98. The molecule has 0 radical (unpaired) electrons. The number of rotatable bonds is 6. The van der Waals surface area contributed by atoms with E-state index in [-0.39, 0.29) is 11.9 Å². The number of hydrogen-bond acceptors (Lipinski definition) is 4. The van der Waals surface area contributed by atoms with Crippen LogP contribution in [0.4, 0.5) is 0 Å². The van der Waals surface area contributed by atoms with Crippen molar-refractivity contribution in [2.75, 3.05) is 6.54 Å². The molecule has 0 aliphatic carbocycles. The van der Waals surface area contributed by atoms with Crippen LogP contribution in [0.5, 0.6) is 0 Å². The number of carbonyl (C=O) groups is 1. The SMILES string of the molecule is Cc1nn(Cc2ccccc2)c2sc(C(=O)NCCC(C)N)cc12. The molecule has 0 spiro atoms. The largest absolute Gasteiger partial charge is 0.351 e. The molecule has 3 rings (SSSR count). The Morgan fingerprint density at radius 3 is 2.83 bits per heavy atom. The second-order valence-electron chi connectivity index (χ2n) is 6.08. The van der Waals surface area contributed by atoms with Crippen LogP contribution in [0.15, 0.2) is 36.4 Å². The van der Waals surface area contributed by atoms with Crippen LogP contribution in [0, 0.1) is 6.92 Å². The number of benzene rings is 1. The molecule has 2 heterocycles. The molecule has 2 aromatic heterocycles. The monoisotopic (exact) mass is 342 g/mol. The summed E-state index contributed by atoms with van der Waals surface area (Å²) in [4.78, 5) is 14.1. The first-order chi connectivity index (χ1) is 11.5. The maximum Gasteiger partial charge on any atom is 0.261 e. The summed E-state index contributed by atoms with van der Waals surface area (Å²) in [6.07, 6.45) is 0.775. The summed E-state index contributed by atoms with van der Waals surface area (Å²) in [5.41, 5.74) is 7.86. The third-order valence-electron chi connectivity index (χ3n) is 3.89. The number of nitrogens with one attached hydrogen (secondary N) is 1. The summed E-state index contributed by atoms with van der Waals surface area (Å²) in [5.74, 6) is -0.0393. The topological polar surface area (TPSA) is 72.9 Å². The van der Waals surface area contributed by atoms with Gasteiger partial charge in [0.15, 0.2) is 0 Å². The Hall–Kier alpha value is -2.18. The molecule has 0 saturated heterocycles. The average molecular weight is 342 g/mol. The fourth-order valence-corrected chi connectivity index (χ4v) is 3.67. The van der Waals surface area contributed by atoms with Crippen molar-refractivity contribution in [3.63, 3.8) is 0 Å². The van der Waals surface area contributed by atoms with Gasteiger partial charge in [0.2, 0.25) is 0 Å². The van der Waals surface area contributed by atoms with Gasteiger partial charge in [-0.05, 0) is 31.9 Å². The van der Waals surface area contributed by atoms with Crippen molar-refractivity contribution >= 4 is 27.5 Å². The first kappa shape index (κ1) is 16.7. The third kappa shape index (κ3) is 3.66. The van der Waals surface area contributed by atoms with Crippen LogP contribution in [0.2, 0.25) is 0 Å². The predicted octanol–water partition coefficient (Wildman–Crippen LogP) is 2.92. The van der Waals surface area contributed by atoms with Crippen molar-refractivity contribution in [3.8, 4) is 0 Å². The zero-order valence-corrected chi connectivity index (χ0v) is 14.8. The zero-order valence-electron chi connectivity index (χ0n) is 14.0. The van der Waals surface area contributed by atoms with E-state index in [1.54, 1.807) is 0 Å². The Labute approximate surface area is 145 Å². The fourth-order valence-electron chi connectivity index (χ4n) is 2.59. The van der Waals surface area contributed by atoms with Crippen LogP contribution >= 0.6 is 11.3 Å². The van der Waals surface area contributed by atoms with Gasteiger partial charge in [-0.25, -0.2) is 0 Å². The standard InChI is InChI=1S/C18H22N4OS/c1-12(19)8-9-20-17(23)16-10-15-13(2)21-22(18(15)24-16)11-14-6-4-3-5-7-14/h3-7,10,12H,8-9,11,19H2,1-2H3,(H,20,23). The Morgan fingerprint density at radius 1 is 1.38 bits per heavy atom. The van der Waals surface area contributed by atoms with Gasteiger partial charge in [0.25, 0.3) is 5.91 Å². The number of amides is 1. The summed E-state index contributed by atoms with van der Waals surface area (Å²) in [5, 5.41) is 8.59. The molecule has 0 bridgehead atoms. The van der Waals surface area contributed by atoms with E-state index in [2.05, 4.69) is 22.5 Å². The number of nitrogens with two attached hydrogens (primary N) is 1. The number of hydrogen-bond donors (Lipinski definition) is 2. The number of carbonyl (C=O) groups excluding carboxylic acids is 1. The molecule has 3 N–H and O–H groups in total. The van der Waals surface area contributed by atoms with Gasteiger partial charge < -0.3 is 11.1 Å². The van der Waals surface area contributed by atoms with Crippen LogP contribution < -0.4 is 11.1 Å². The van der Waals surface area contributed by atoms with Crippen molar-refractivity contribution in [1.82, 2.24) is 15.1 Å². The molecule has 126 valence electrons. The minimum absolute atomic E-state index is 0.0393. The van der Waals surface area contributed by atoms with Gasteiger partial charge in [-0.15, -0.1) is 11.3 Å². The minimum Gasteiger partial charge on any atom is -0.351 e. The molecule has 0 aliphatic heterocycles. The molecule has 1 amide bonds. The number of nitrogens with zero attached hydrogens (tertiary/aromatic N) is 2. The van der Waals surface area contributed by atoms with Gasteiger partial charge in [0.05, 0.1) is 17.1 Å². The lowest BCUT2D eigenvalue weighted by atomic mass is 10.2. The Balaban J connectivity index is 1.80. The molecule has 0 saturated carbocycles. The van der Waals surface area contributed by atoms with Crippen molar-refractivity contribution < 1.29 is 4.79 Å². The van der Waals surface area contributed by atoms with E-state index in [1.807, 2.05) is 42.8 Å². The lowest BCUT2D eigenvalue weighted by Gasteiger charge is -2.06. The van der Waals surface area contributed by atoms with Gasteiger partial charge in [0, 0.05) is 18.0 Å². The van der Waals surface area contributed by atoms with Crippen LogP contribution in [-0.4, -0.2) is 28.3 Å². The molecule has 0 fully saturated rings. The van der Waals surface area contributed by atoms with Gasteiger partial charge in [-0.2, -0.15) is 5.10 Å². The number of fused-ring (bicyclic) bond motifs is 1. The van der Waals surface area contributed by atoms with E-state index >= 15 is 0 Å². The molecule has 1 aromatic carbocycles. The first-order valence-corrected chi connectivity index (χ1v) is 8.91. The van der Waals surface area contributed by atoms with Crippen LogP contribution in [-0.2, 0) is 6.54 Å². The molecule has 24 heavy (non-hydrogen) atoms. The average Bonchev–Trinajstić information content (AvgIpc) is 3.10. The molecule has 1 atom stereocenters. The predicted molar refractivity (Wildman–Crippen MR) is 98.5 cm³/mol. The normalized spacial score (nSPS) is 12.5. The molecule has 1 unspecified atom stereocenters. The number of thiophene rings is 1. The molecule has 6 heteroatoms. The smallest absolute Gasteiger partial charge is 0.261 e. The van der Waals surface area contributed by atoms with Crippen molar-refractivity contribution in [1.29, 1.82) is 0 Å². The molecule has 5 nitrogen and oxygen atoms in total. The van der Waals surface area contributed by atoms with Gasteiger partial charge in [0.1, 0.15) is 4.83 Å². The Bertz CT molecular complexity index is 835. The van der Waals surface area contributed by atoms with Gasteiger partial charge in [-0.3, -0.25) is 9.48 Å². The van der Waals surface area contributed by atoms with Gasteiger partial charge >= 0.3 is 0 Å². The maximum atomic E-state index is 12.3. The summed E-state index contributed by atoms with van der Waals surface area (Å²) in [6, 6.07) is 12.2. The van der Waals surface area contributed by atoms with E-state index < -0.39 is 0 Å². The number of aromatic nitrogens is 2. The van der Waals surface area contributed by atoms with E-state index in [9.17, 15) is 4.79 Å². The number of aryl methyl sites for hydroxylation is 1. The summed E-state index contributed by atoms with van der Waals surface area (Å²) >= 11 is 1.49. The zero-order chi connectivity index (χ0) is 17.1. The summed E-state index contributed by atoms with van der Waals surface area (Å²) in [7, 11) is 0. The highest BCUT2D eigenvalue weighted by molar-refractivity contribution is 7.20. The second kappa shape index (κ2) is 7.15. The van der Waals surface area contributed by atoms with Crippen LogP contribution in [0.1, 0.15) is 34.3 Å². The van der Waals surface area contributed by atoms with Crippen LogP contribution in [0.3, 0.4) is 0 Å². The minimum atomic E-state index is -0.0393. The third-order valence-corrected chi connectivity index (χ3v) is 5.04. The maximum absolute atomic E-state index is 12.3. The van der Waals surface area contributed by atoms with Crippen molar-refractivity contribution in [3.05, 3.63) is 52.5 Å². The van der Waals surface area contributed by atoms with E-state index in [0.29, 0.717) is 13.1 Å². The summed E-state index contributed by atoms with van der Waals surface area (Å²) in [6.45, 7) is 5.22. The highest BCUT2D eigenvalue weighted by Gasteiger charge is 2.16. The van der Waals surface area contributed by atoms with E-state index in [4.69, 9.17) is 5.73 Å². The lowest BCUT2D eigenvalue weighted by molar-refractivity contribution is 0.0957. The molecular weight excluding hydrogens is 320 g/mol.